The van der Waals surface area contributed by atoms with Crippen LogP contribution in [0.1, 0.15) is 29.2 Å². The first-order chi connectivity index (χ1) is 16.5. The quantitative estimate of drug-likeness (QED) is 0.255. The van der Waals surface area contributed by atoms with Gasteiger partial charge in [-0.15, -0.1) is 6.58 Å². The lowest BCUT2D eigenvalue weighted by Crippen LogP contribution is -2.30. The molecule has 4 nitrogen and oxygen atoms in total. The molecule has 1 fully saturated rings. The fraction of sp³-hybridized carbons (Fsp3) is 0.179. The number of amides is 1. The second-order valence-corrected chi connectivity index (χ2v) is 9.53. The van der Waals surface area contributed by atoms with Crippen LogP contribution in [0.2, 0.25) is 5.02 Å². The van der Waals surface area contributed by atoms with Gasteiger partial charge in [0.25, 0.3) is 5.91 Å². The number of hydrogen-bond acceptors (Lipinski definition) is 4. The van der Waals surface area contributed by atoms with Gasteiger partial charge in [0.15, 0.2) is 5.50 Å². The van der Waals surface area contributed by atoms with Gasteiger partial charge in [0.05, 0.1) is 4.91 Å². The largest absolute Gasteiger partial charge is 0.489 e. The highest BCUT2D eigenvalue weighted by atomic mass is 35.5. The summed E-state index contributed by atoms with van der Waals surface area (Å²) in [6, 6.07) is 21.8. The number of aryl methyl sites for hydroxylation is 1. The van der Waals surface area contributed by atoms with E-state index >= 15 is 0 Å². The third-order valence-electron chi connectivity index (χ3n) is 5.44. The van der Waals surface area contributed by atoms with Crippen molar-refractivity contribution in [2.75, 3.05) is 5.32 Å². The number of hydrogen-bond donors (Lipinski definition) is 2. The van der Waals surface area contributed by atoms with Gasteiger partial charge in [0.2, 0.25) is 0 Å². The van der Waals surface area contributed by atoms with Crippen molar-refractivity contribution in [1.82, 2.24) is 5.32 Å². The maximum atomic E-state index is 12.6. The molecular formula is C28H27ClN2O2S. The zero-order valence-corrected chi connectivity index (χ0v) is 20.6. The Morgan fingerprint density at radius 2 is 1.82 bits per heavy atom. The van der Waals surface area contributed by atoms with E-state index in [0.717, 1.165) is 34.5 Å². The Kier molecular flexibility index (Phi) is 7.99. The number of carbonyl (C=O) groups excluding carboxylic acids is 1. The van der Waals surface area contributed by atoms with E-state index in [9.17, 15) is 4.79 Å². The molecule has 1 atom stereocenters. The van der Waals surface area contributed by atoms with Crippen molar-refractivity contribution in [2.45, 2.75) is 31.9 Å². The zero-order valence-electron chi connectivity index (χ0n) is 19.0. The summed E-state index contributed by atoms with van der Waals surface area (Å²) in [6.07, 6.45) is 5.44. The Bertz CT molecular complexity index is 1190. The van der Waals surface area contributed by atoms with Gasteiger partial charge in [-0.3, -0.25) is 4.79 Å². The molecular weight excluding hydrogens is 464 g/mol. The first kappa shape index (κ1) is 24.0. The Morgan fingerprint density at radius 1 is 1.09 bits per heavy atom. The van der Waals surface area contributed by atoms with Crippen LogP contribution in [0.15, 0.2) is 84.3 Å². The molecule has 3 aromatic carbocycles. The molecule has 0 bridgehead atoms. The number of anilines is 1. The maximum Gasteiger partial charge on any atom is 0.260 e. The topological polar surface area (TPSA) is 50.4 Å². The van der Waals surface area contributed by atoms with Crippen LogP contribution in [0.25, 0.3) is 6.08 Å². The number of nitrogens with one attached hydrogen (secondary N) is 2. The number of carbonyl (C=O) groups is 1. The molecule has 4 rings (SSSR count). The summed E-state index contributed by atoms with van der Waals surface area (Å²) >= 11 is 7.44. The van der Waals surface area contributed by atoms with Crippen molar-refractivity contribution in [3.05, 3.63) is 112 Å². The fourth-order valence-corrected chi connectivity index (χ4v) is 4.70. The molecule has 1 saturated heterocycles. The smallest absolute Gasteiger partial charge is 0.260 e. The van der Waals surface area contributed by atoms with Gasteiger partial charge in [-0.25, -0.2) is 0 Å². The third kappa shape index (κ3) is 6.25. The third-order valence-corrected chi connectivity index (χ3v) is 6.73. The molecule has 1 aliphatic heterocycles. The number of rotatable bonds is 9. The van der Waals surface area contributed by atoms with Gasteiger partial charge < -0.3 is 15.4 Å². The van der Waals surface area contributed by atoms with Crippen LogP contribution in [0.5, 0.6) is 5.75 Å². The predicted octanol–water partition coefficient (Wildman–Crippen LogP) is 6.81. The molecule has 6 heteroatoms. The fourth-order valence-electron chi connectivity index (χ4n) is 3.59. The highest BCUT2D eigenvalue weighted by Crippen LogP contribution is 2.31. The summed E-state index contributed by atoms with van der Waals surface area (Å²) in [5.74, 6) is 0.719. The standard InChI is InChI=1S/C28H27ClN2O2S/c1-3-5-22-16-21(10-15-25(22)33-18-20-6-11-23(29)12-7-20)17-26-27(32)31-28(34-26)30-24-13-8-19(4-2)9-14-24/h3,6-17,28,30H,1,4-5,18H2,2H3,(H,31,32)/b26-17-/t28-/m1/s1. The summed E-state index contributed by atoms with van der Waals surface area (Å²) in [6.45, 7) is 6.45. The van der Waals surface area contributed by atoms with Crippen molar-refractivity contribution in [1.29, 1.82) is 0 Å². The van der Waals surface area contributed by atoms with Crippen molar-refractivity contribution in [3.8, 4) is 5.75 Å². The van der Waals surface area contributed by atoms with Crippen LogP contribution in [0, 0.1) is 0 Å². The zero-order chi connectivity index (χ0) is 23.9. The van der Waals surface area contributed by atoms with Crippen molar-refractivity contribution >= 4 is 41.0 Å². The molecule has 1 amide bonds. The van der Waals surface area contributed by atoms with Crippen molar-refractivity contribution < 1.29 is 9.53 Å². The number of thioether (sulfide) groups is 1. The lowest BCUT2D eigenvalue weighted by atomic mass is 10.1. The van der Waals surface area contributed by atoms with E-state index in [4.69, 9.17) is 16.3 Å². The average molecular weight is 491 g/mol. The van der Waals surface area contributed by atoms with Gasteiger partial charge in [0, 0.05) is 10.7 Å². The van der Waals surface area contributed by atoms with Gasteiger partial charge in [-0.05, 0) is 77.6 Å². The highest BCUT2D eigenvalue weighted by Gasteiger charge is 2.27. The first-order valence-corrected chi connectivity index (χ1v) is 12.5. The summed E-state index contributed by atoms with van der Waals surface area (Å²) in [5.41, 5.74) is 5.06. The van der Waals surface area contributed by atoms with Gasteiger partial charge in [-0.2, -0.15) is 0 Å². The number of halogens is 1. The second-order valence-electron chi connectivity index (χ2n) is 7.95. The number of ether oxygens (including phenoxy) is 1. The first-order valence-electron chi connectivity index (χ1n) is 11.2. The van der Waals surface area contributed by atoms with E-state index in [1.165, 1.54) is 17.3 Å². The lowest BCUT2D eigenvalue weighted by molar-refractivity contribution is -0.116. The van der Waals surface area contributed by atoms with E-state index < -0.39 is 0 Å². The molecule has 1 aliphatic rings. The van der Waals surface area contributed by atoms with Crippen molar-refractivity contribution in [3.63, 3.8) is 0 Å². The van der Waals surface area contributed by atoms with Gasteiger partial charge in [-0.1, -0.05) is 66.7 Å². The molecule has 0 aromatic heterocycles. The van der Waals surface area contributed by atoms with E-state index in [1.54, 1.807) is 0 Å². The molecule has 34 heavy (non-hydrogen) atoms. The minimum Gasteiger partial charge on any atom is -0.489 e. The normalized spacial score (nSPS) is 16.4. The Hall–Kier alpha value is -3.15. The molecule has 2 N–H and O–H groups in total. The molecule has 0 radical (unpaired) electrons. The van der Waals surface area contributed by atoms with Gasteiger partial charge in [0.1, 0.15) is 12.4 Å². The van der Waals surface area contributed by atoms with Crippen LogP contribution in [-0.2, 0) is 24.2 Å². The van der Waals surface area contributed by atoms with Gasteiger partial charge >= 0.3 is 0 Å². The van der Waals surface area contributed by atoms with Crippen LogP contribution in [0.3, 0.4) is 0 Å². The summed E-state index contributed by atoms with van der Waals surface area (Å²) in [4.78, 5) is 13.2. The maximum absolute atomic E-state index is 12.6. The monoisotopic (exact) mass is 490 g/mol. The van der Waals surface area contributed by atoms with Crippen molar-refractivity contribution in [2.24, 2.45) is 0 Å². The number of allylic oxidation sites excluding steroid dienone is 1. The molecule has 0 unspecified atom stereocenters. The van der Waals surface area contributed by atoms with Crippen LogP contribution in [-0.4, -0.2) is 11.4 Å². The predicted molar refractivity (Wildman–Crippen MR) is 143 cm³/mol. The molecule has 174 valence electrons. The molecule has 0 spiro atoms. The lowest BCUT2D eigenvalue weighted by Gasteiger charge is -2.13. The Morgan fingerprint density at radius 3 is 2.53 bits per heavy atom. The van der Waals surface area contributed by atoms with Crippen LogP contribution < -0.4 is 15.4 Å². The number of benzene rings is 3. The molecule has 0 aliphatic carbocycles. The van der Waals surface area contributed by atoms with E-state index in [1.807, 2.05) is 66.7 Å². The summed E-state index contributed by atoms with van der Waals surface area (Å²) in [7, 11) is 0. The average Bonchev–Trinajstić information content (AvgIpc) is 3.18. The van der Waals surface area contributed by atoms with E-state index in [-0.39, 0.29) is 11.4 Å². The van der Waals surface area contributed by atoms with E-state index in [0.29, 0.717) is 23.0 Å². The second kappa shape index (κ2) is 11.3. The SMILES string of the molecule is C=CCc1cc(/C=C2\S[C@H](Nc3ccc(CC)cc3)NC2=O)ccc1OCc1ccc(Cl)cc1. The molecule has 3 aromatic rings. The highest BCUT2D eigenvalue weighted by molar-refractivity contribution is 8.05. The van der Waals surface area contributed by atoms with Crippen LogP contribution >= 0.6 is 23.4 Å². The minimum atomic E-state index is -0.208. The Labute approximate surface area is 210 Å². The van der Waals surface area contributed by atoms with Crippen LogP contribution in [0.4, 0.5) is 5.69 Å². The Balaban J connectivity index is 1.44. The molecule has 0 saturated carbocycles. The minimum absolute atomic E-state index is 0.0824. The van der Waals surface area contributed by atoms with E-state index in [2.05, 4.69) is 36.3 Å². The summed E-state index contributed by atoms with van der Waals surface area (Å²) < 4.78 is 6.06. The molecule has 1 heterocycles. The summed E-state index contributed by atoms with van der Waals surface area (Å²) in [5, 5.41) is 7.06.